The molecule has 1 saturated heterocycles. The van der Waals surface area contributed by atoms with Gasteiger partial charge in [0.2, 0.25) is 0 Å². The Morgan fingerprint density at radius 2 is 1.90 bits per heavy atom. The second-order valence-corrected chi connectivity index (χ2v) is 5.02. The van der Waals surface area contributed by atoms with E-state index in [-0.39, 0.29) is 0 Å². The van der Waals surface area contributed by atoms with Crippen molar-refractivity contribution in [3.63, 3.8) is 0 Å². The number of rotatable bonds is 4. The number of hydrogen-bond donors (Lipinski definition) is 2. The SMILES string of the molecule is CC(C)c1ccc(N2C(=O)N[C@H](CC(=O)O)C2=O)cc1. The summed E-state index contributed by atoms with van der Waals surface area (Å²) in [5.41, 5.74) is 1.55. The molecule has 0 unspecified atom stereocenters. The summed E-state index contributed by atoms with van der Waals surface area (Å²) in [5, 5.41) is 11.1. The summed E-state index contributed by atoms with van der Waals surface area (Å²) in [6, 6.07) is 5.51. The molecule has 2 N–H and O–H groups in total. The first-order valence-electron chi connectivity index (χ1n) is 6.36. The van der Waals surface area contributed by atoms with Crippen LogP contribution in [-0.2, 0) is 9.59 Å². The molecule has 1 aromatic rings. The molecule has 1 atom stereocenters. The number of carboxylic acids is 1. The van der Waals surface area contributed by atoms with Crippen LogP contribution in [0.2, 0.25) is 0 Å². The number of hydrogen-bond acceptors (Lipinski definition) is 3. The molecule has 6 nitrogen and oxygen atoms in total. The summed E-state index contributed by atoms with van der Waals surface area (Å²) >= 11 is 0. The Kier molecular flexibility index (Phi) is 3.74. The molecular weight excluding hydrogens is 260 g/mol. The number of carbonyl (C=O) groups is 3. The maximum absolute atomic E-state index is 12.0. The number of nitrogens with one attached hydrogen (secondary N) is 1. The van der Waals surface area contributed by atoms with Crippen molar-refractivity contribution in [3.8, 4) is 0 Å². The topological polar surface area (TPSA) is 86.7 Å². The molecule has 1 heterocycles. The van der Waals surface area contributed by atoms with Gasteiger partial charge in [-0.25, -0.2) is 9.69 Å². The van der Waals surface area contributed by atoms with E-state index in [1.54, 1.807) is 12.1 Å². The fraction of sp³-hybridized carbons (Fsp3) is 0.357. The molecule has 0 radical (unpaired) electrons. The van der Waals surface area contributed by atoms with E-state index < -0.39 is 30.4 Å². The maximum Gasteiger partial charge on any atom is 0.329 e. The van der Waals surface area contributed by atoms with Gasteiger partial charge >= 0.3 is 12.0 Å². The molecule has 6 heteroatoms. The summed E-state index contributed by atoms with van der Waals surface area (Å²) in [5.74, 6) is -1.30. The predicted molar refractivity (Wildman–Crippen MR) is 72.6 cm³/mol. The summed E-state index contributed by atoms with van der Waals surface area (Å²) in [7, 11) is 0. The fourth-order valence-electron chi connectivity index (χ4n) is 2.10. The van der Waals surface area contributed by atoms with E-state index in [4.69, 9.17) is 5.11 Å². The maximum atomic E-state index is 12.0. The lowest BCUT2D eigenvalue weighted by molar-refractivity contribution is -0.139. The van der Waals surface area contributed by atoms with Crippen LogP contribution in [0.3, 0.4) is 0 Å². The van der Waals surface area contributed by atoms with Gasteiger partial charge in [-0.2, -0.15) is 0 Å². The van der Waals surface area contributed by atoms with Crippen molar-refractivity contribution in [2.45, 2.75) is 32.2 Å². The van der Waals surface area contributed by atoms with Crippen molar-refractivity contribution >= 4 is 23.6 Å². The number of imide groups is 1. The van der Waals surface area contributed by atoms with E-state index in [0.29, 0.717) is 11.6 Å². The number of amides is 3. The lowest BCUT2D eigenvalue weighted by Gasteiger charge is -2.14. The first kappa shape index (κ1) is 14.0. The minimum Gasteiger partial charge on any atom is -0.481 e. The Bertz CT molecular complexity index is 551. The molecule has 0 saturated carbocycles. The summed E-state index contributed by atoms with van der Waals surface area (Å²) in [6.45, 7) is 4.09. The highest BCUT2D eigenvalue weighted by Gasteiger charge is 2.39. The standard InChI is InChI=1S/C14H16N2O4/c1-8(2)9-3-5-10(6-4-9)16-13(19)11(7-12(17)18)15-14(16)20/h3-6,8,11H,7H2,1-2H3,(H,15,20)(H,17,18)/t11-/m1/s1. The van der Waals surface area contributed by atoms with Crippen LogP contribution in [0.25, 0.3) is 0 Å². The van der Waals surface area contributed by atoms with Crippen LogP contribution in [0, 0.1) is 0 Å². The first-order chi connectivity index (χ1) is 9.40. The second-order valence-electron chi connectivity index (χ2n) is 5.02. The fourth-order valence-corrected chi connectivity index (χ4v) is 2.10. The summed E-state index contributed by atoms with van der Waals surface area (Å²) in [6.07, 6.45) is -0.412. The Morgan fingerprint density at radius 1 is 1.30 bits per heavy atom. The molecule has 0 spiro atoms. The van der Waals surface area contributed by atoms with Gasteiger partial charge in [-0.05, 0) is 23.6 Å². The monoisotopic (exact) mass is 276 g/mol. The average Bonchev–Trinajstić information content (AvgIpc) is 2.64. The van der Waals surface area contributed by atoms with Gasteiger partial charge in [-0.1, -0.05) is 26.0 Å². The average molecular weight is 276 g/mol. The molecule has 0 aromatic heterocycles. The van der Waals surface area contributed by atoms with Crippen LogP contribution in [0.15, 0.2) is 24.3 Å². The van der Waals surface area contributed by atoms with Gasteiger partial charge in [-0.15, -0.1) is 0 Å². The van der Waals surface area contributed by atoms with Gasteiger partial charge in [0.05, 0.1) is 12.1 Å². The zero-order valence-corrected chi connectivity index (χ0v) is 11.3. The summed E-state index contributed by atoms with van der Waals surface area (Å²) < 4.78 is 0. The molecule has 0 aliphatic carbocycles. The Labute approximate surface area is 116 Å². The molecule has 1 aliphatic heterocycles. The lowest BCUT2D eigenvalue weighted by Crippen LogP contribution is -2.32. The molecule has 3 amide bonds. The van der Waals surface area contributed by atoms with Crippen molar-refractivity contribution in [2.75, 3.05) is 4.90 Å². The van der Waals surface area contributed by atoms with Crippen LogP contribution >= 0.6 is 0 Å². The summed E-state index contributed by atoms with van der Waals surface area (Å²) in [4.78, 5) is 35.5. The van der Waals surface area contributed by atoms with Crippen LogP contribution in [0.1, 0.15) is 31.7 Å². The van der Waals surface area contributed by atoms with E-state index >= 15 is 0 Å². The van der Waals surface area contributed by atoms with Crippen LogP contribution in [-0.4, -0.2) is 29.1 Å². The molecule has 1 aliphatic rings. The van der Waals surface area contributed by atoms with E-state index in [0.717, 1.165) is 10.5 Å². The highest BCUT2D eigenvalue weighted by molar-refractivity contribution is 6.21. The number of urea groups is 1. The lowest BCUT2D eigenvalue weighted by atomic mass is 10.0. The third kappa shape index (κ3) is 2.64. The van der Waals surface area contributed by atoms with Gasteiger partial charge < -0.3 is 10.4 Å². The van der Waals surface area contributed by atoms with E-state index in [1.165, 1.54) is 0 Å². The number of carboxylic acid groups (broad SMARTS) is 1. The number of aliphatic carboxylic acids is 1. The van der Waals surface area contributed by atoms with E-state index in [2.05, 4.69) is 5.32 Å². The smallest absolute Gasteiger partial charge is 0.329 e. The number of carbonyl (C=O) groups excluding carboxylic acids is 2. The quantitative estimate of drug-likeness (QED) is 0.820. The molecule has 2 rings (SSSR count). The number of benzene rings is 1. The molecule has 0 bridgehead atoms. The van der Waals surface area contributed by atoms with Gasteiger partial charge in [0.25, 0.3) is 5.91 Å². The second kappa shape index (κ2) is 5.32. The predicted octanol–water partition coefficient (Wildman–Crippen LogP) is 1.71. The zero-order chi connectivity index (χ0) is 14.9. The van der Waals surface area contributed by atoms with Gasteiger partial charge in [0, 0.05) is 0 Å². The third-order valence-electron chi connectivity index (χ3n) is 3.22. The third-order valence-corrected chi connectivity index (χ3v) is 3.22. The van der Waals surface area contributed by atoms with Gasteiger partial charge in [0.1, 0.15) is 6.04 Å². The molecule has 1 fully saturated rings. The van der Waals surface area contributed by atoms with Gasteiger partial charge in [-0.3, -0.25) is 9.59 Å². The highest BCUT2D eigenvalue weighted by atomic mass is 16.4. The zero-order valence-electron chi connectivity index (χ0n) is 11.3. The van der Waals surface area contributed by atoms with Crippen molar-refractivity contribution in [1.82, 2.24) is 5.32 Å². The van der Waals surface area contributed by atoms with E-state index in [1.807, 2.05) is 26.0 Å². The van der Waals surface area contributed by atoms with Crippen LogP contribution in [0.4, 0.5) is 10.5 Å². The van der Waals surface area contributed by atoms with Gasteiger partial charge in [0.15, 0.2) is 0 Å². The Balaban J connectivity index is 2.22. The normalized spacial score (nSPS) is 18.6. The van der Waals surface area contributed by atoms with Crippen LogP contribution in [0.5, 0.6) is 0 Å². The molecular formula is C14H16N2O4. The number of anilines is 1. The molecule has 106 valence electrons. The molecule has 1 aromatic carbocycles. The largest absolute Gasteiger partial charge is 0.481 e. The Hall–Kier alpha value is -2.37. The van der Waals surface area contributed by atoms with Crippen molar-refractivity contribution < 1.29 is 19.5 Å². The van der Waals surface area contributed by atoms with E-state index in [9.17, 15) is 14.4 Å². The van der Waals surface area contributed by atoms with Crippen LogP contribution < -0.4 is 10.2 Å². The highest BCUT2D eigenvalue weighted by Crippen LogP contribution is 2.23. The first-order valence-corrected chi connectivity index (χ1v) is 6.36. The van der Waals surface area contributed by atoms with Crippen molar-refractivity contribution in [3.05, 3.63) is 29.8 Å². The minimum absolute atomic E-state index is 0.354. The Morgan fingerprint density at radius 3 is 2.40 bits per heavy atom. The van der Waals surface area contributed by atoms with Crippen molar-refractivity contribution in [1.29, 1.82) is 0 Å². The minimum atomic E-state index is -1.12. The number of nitrogens with zero attached hydrogens (tertiary/aromatic N) is 1. The molecule has 20 heavy (non-hydrogen) atoms. The van der Waals surface area contributed by atoms with Crippen molar-refractivity contribution in [2.24, 2.45) is 0 Å².